The van der Waals surface area contributed by atoms with Gasteiger partial charge in [-0.1, -0.05) is 28.8 Å². The molecule has 1 aliphatic rings. The van der Waals surface area contributed by atoms with Crippen molar-refractivity contribution in [3.63, 3.8) is 0 Å². The number of anilines is 2. The van der Waals surface area contributed by atoms with Crippen LogP contribution >= 0.6 is 23.2 Å². The Labute approximate surface area is 141 Å². The van der Waals surface area contributed by atoms with Gasteiger partial charge in [0.05, 0.1) is 21.4 Å². The molecule has 9 heteroatoms. The summed E-state index contributed by atoms with van der Waals surface area (Å²) in [6.07, 6.45) is 1.92. The van der Waals surface area contributed by atoms with Crippen LogP contribution in [0.25, 0.3) is 0 Å². The van der Waals surface area contributed by atoms with Crippen molar-refractivity contribution >= 4 is 46.4 Å². The molecule has 0 radical (unpaired) electrons. The Morgan fingerprint density at radius 1 is 1.35 bits per heavy atom. The molecule has 1 aliphatic heterocycles. The molecule has 0 spiro atoms. The second-order valence-corrected chi connectivity index (χ2v) is 5.89. The minimum atomic E-state index is -0.597. The predicted octanol–water partition coefficient (Wildman–Crippen LogP) is 2.56. The van der Waals surface area contributed by atoms with Crippen LogP contribution in [0.2, 0.25) is 10.0 Å². The Kier molecular flexibility index (Phi) is 3.83. The summed E-state index contributed by atoms with van der Waals surface area (Å²) in [6.45, 7) is 1.81. The molecule has 0 fully saturated rings. The number of carbonyl (C=O) groups is 2. The zero-order valence-corrected chi connectivity index (χ0v) is 13.4. The van der Waals surface area contributed by atoms with Gasteiger partial charge in [0.1, 0.15) is 5.82 Å². The number of carbonyl (C=O) groups excluding carboxylic acids is 2. The van der Waals surface area contributed by atoms with Crippen molar-refractivity contribution in [1.82, 2.24) is 14.8 Å². The molecule has 0 aliphatic carbocycles. The smallest absolute Gasteiger partial charge is 0.295 e. The van der Waals surface area contributed by atoms with Crippen LogP contribution in [0.5, 0.6) is 0 Å². The predicted molar refractivity (Wildman–Crippen MR) is 86.9 cm³/mol. The van der Waals surface area contributed by atoms with E-state index in [1.807, 2.05) is 6.92 Å². The first-order valence-electron chi connectivity index (χ1n) is 6.58. The van der Waals surface area contributed by atoms with Crippen LogP contribution in [-0.2, 0) is 6.42 Å². The highest BCUT2D eigenvalue weighted by Gasteiger charge is 2.23. The molecule has 23 heavy (non-hydrogen) atoms. The summed E-state index contributed by atoms with van der Waals surface area (Å²) in [6, 6.07) is 2.87. The summed E-state index contributed by atoms with van der Waals surface area (Å²) in [5.41, 5.74) is 7.07. The molecule has 0 atom stereocenters. The third kappa shape index (κ3) is 2.93. The molecule has 0 saturated carbocycles. The maximum Gasteiger partial charge on any atom is 0.295 e. The van der Waals surface area contributed by atoms with Gasteiger partial charge in [-0.15, -0.1) is 5.10 Å². The summed E-state index contributed by atoms with van der Waals surface area (Å²) in [4.78, 5) is 28.2. The number of rotatable bonds is 2. The molecule has 1 aromatic carbocycles. The van der Waals surface area contributed by atoms with Gasteiger partial charge in [-0.05, 0) is 19.1 Å². The van der Waals surface area contributed by atoms with E-state index in [1.165, 1.54) is 18.2 Å². The first-order valence-corrected chi connectivity index (χ1v) is 7.34. The van der Waals surface area contributed by atoms with Crippen molar-refractivity contribution in [3.05, 3.63) is 45.5 Å². The number of aromatic nitrogens is 3. The Bertz CT molecular complexity index is 872. The van der Waals surface area contributed by atoms with E-state index in [2.05, 4.69) is 15.4 Å². The Balaban J connectivity index is 1.87. The van der Waals surface area contributed by atoms with Gasteiger partial charge in [0.15, 0.2) is 0 Å². The molecule has 2 aromatic rings. The van der Waals surface area contributed by atoms with Crippen molar-refractivity contribution in [3.8, 4) is 0 Å². The molecule has 118 valence electrons. The maximum atomic E-state index is 12.3. The number of hydrogen-bond donors (Lipinski definition) is 2. The number of nitrogen functional groups attached to an aromatic ring is 1. The van der Waals surface area contributed by atoms with E-state index in [1.54, 1.807) is 0 Å². The molecule has 1 amide bonds. The van der Waals surface area contributed by atoms with E-state index < -0.39 is 5.91 Å². The Morgan fingerprint density at radius 3 is 2.83 bits per heavy atom. The van der Waals surface area contributed by atoms with Crippen molar-refractivity contribution < 1.29 is 9.59 Å². The van der Waals surface area contributed by atoms with Gasteiger partial charge in [0.2, 0.25) is 5.82 Å². The maximum absolute atomic E-state index is 12.3. The van der Waals surface area contributed by atoms with Gasteiger partial charge in [0, 0.05) is 12.5 Å². The molecule has 7 nitrogen and oxygen atoms in total. The number of halogens is 2. The van der Waals surface area contributed by atoms with E-state index in [-0.39, 0.29) is 27.5 Å². The van der Waals surface area contributed by atoms with Crippen molar-refractivity contribution in [2.24, 2.45) is 0 Å². The Morgan fingerprint density at radius 2 is 2.09 bits per heavy atom. The molecule has 3 rings (SSSR count). The van der Waals surface area contributed by atoms with Gasteiger partial charge in [-0.25, -0.2) is 4.98 Å². The van der Waals surface area contributed by atoms with Crippen LogP contribution in [0.4, 0.5) is 11.4 Å². The van der Waals surface area contributed by atoms with E-state index in [0.717, 1.165) is 10.3 Å². The average molecular weight is 352 g/mol. The molecule has 3 N–H and O–H groups in total. The lowest BCUT2D eigenvalue weighted by Crippen LogP contribution is -2.19. The van der Waals surface area contributed by atoms with Gasteiger partial charge < -0.3 is 11.1 Å². The zero-order valence-electron chi connectivity index (χ0n) is 11.9. The van der Waals surface area contributed by atoms with Gasteiger partial charge in [-0.2, -0.15) is 4.68 Å². The number of allylic oxidation sites excluding steroid dienone is 2. The normalized spacial score (nSPS) is 13.5. The number of fused-ring (bicyclic) bond motifs is 1. The minimum absolute atomic E-state index is 0.125. The lowest BCUT2D eigenvalue weighted by molar-refractivity contribution is 0.0944. The quantitative estimate of drug-likeness (QED) is 0.809. The highest BCUT2D eigenvalue weighted by molar-refractivity contribution is 6.37. The highest BCUT2D eigenvalue weighted by Crippen LogP contribution is 2.31. The summed E-state index contributed by atoms with van der Waals surface area (Å²) >= 11 is 11.9. The van der Waals surface area contributed by atoms with E-state index in [9.17, 15) is 9.59 Å². The molecule has 0 saturated heterocycles. The second kappa shape index (κ2) is 5.68. The van der Waals surface area contributed by atoms with Crippen molar-refractivity contribution in [2.75, 3.05) is 11.1 Å². The fourth-order valence-electron chi connectivity index (χ4n) is 2.14. The van der Waals surface area contributed by atoms with Crippen LogP contribution in [0.3, 0.4) is 0 Å². The number of benzene rings is 1. The first kappa shape index (κ1) is 15.5. The fourth-order valence-corrected chi connectivity index (χ4v) is 2.52. The second-order valence-electron chi connectivity index (χ2n) is 5.08. The monoisotopic (exact) mass is 351 g/mol. The lowest BCUT2D eigenvalue weighted by atomic mass is 10.1. The van der Waals surface area contributed by atoms with Crippen LogP contribution < -0.4 is 11.1 Å². The molecular weight excluding hydrogens is 341 g/mol. The van der Waals surface area contributed by atoms with Crippen LogP contribution in [-0.4, -0.2) is 26.6 Å². The van der Waals surface area contributed by atoms with Crippen LogP contribution in [0.15, 0.2) is 23.8 Å². The SMILES string of the molecule is CC1=CC(=O)n2nc(C(=O)Nc3cc(Cl)c(N)cc3Cl)nc2C1. The van der Waals surface area contributed by atoms with Crippen LogP contribution in [0.1, 0.15) is 28.2 Å². The average Bonchev–Trinajstić information content (AvgIpc) is 2.89. The minimum Gasteiger partial charge on any atom is -0.397 e. The van der Waals surface area contributed by atoms with Gasteiger partial charge in [0.25, 0.3) is 11.8 Å². The summed E-state index contributed by atoms with van der Waals surface area (Å²) < 4.78 is 1.11. The fraction of sp³-hybridized carbons (Fsp3) is 0.143. The van der Waals surface area contributed by atoms with Gasteiger partial charge in [-0.3, -0.25) is 9.59 Å². The summed E-state index contributed by atoms with van der Waals surface area (Å²) in [7, 11) is 0. The number of amides is 1. The lowest BCUT2D eigenvalue weighted by Gasteiger charge is -2.07. The largest absolute Gasteiger partial charge is 0.397 e. The Hall–Kier alpha value is -2.38. The molecule has 1 aromatic heterocycles. The standard InChI is InChI=1S/C14H11Cl2N5O2/c1-6-2-11-19-13(20-21(11)12(22)3-6)14(23)18-10-5-7(15)9(17)4-8(10)16/h3-5H,2,17H2,1H3,(H,18,23). The van der Waals surface area contributed by atoms with Crippen molar-refractivity contribution in [2.45, 2.75) is 13.3 Å². The number of nitrogens with one attached hydrogen (secondary N) is 1. The topological polar surface area (TPSA) is 103 Å². The number of hydrogen-bond acceptors (Lipinski definition) is 5. The highest BCUT2D eigenvalue weighted by atomic mass is 35.5. The zero-order chi connectivity index (χ0) is 16.7. The number of nitrogens with two attached hydrogens (primary N) is 1. The van der Waals surface area contributed by atoms with E-state index >= 15 is 0 Å². The molecule has 2 heterocycles. The van der Waals surface area contributed by atoms with Crippen LogP contribution in [0, 0.1) is 0 Å². The van der Waals surface area contributed by atoms with E-state index in [4.69, 9.17) is 28.9 Å². The molecule has 0 bridgehead atoms. The summed E-state index contributed by atoms with van der Waals surface area (Å²) in [5.74, 6) is -0.633. The number of nitrogens with zero attached hydrogens (tertiary/aromatic N) is 3. The molecule has 0 unspecified atom stereocenters. The van der Waals surface area contributed by atoms with E-state index in [0.29, 0.717) is 17.9 Å². The third-order valence-electron chi connectivity index (χ3n) is 3.23. The third-order valence-corrected chi connectivity index (χ3v) is 3.87. The van der Waals surface area contributed by atoms with Gasteiger partial charge >= 0.3 is 0 Å². The van der Waals surface area contributed by atoms with Crippen molar-refractivity contribution in [1.29, 1.82) is 0 Å². The summed E-state index contributed by atoms with van der Waals surface area (Å²) in [5, 5.41) is 6.98. The molecular formula is C14H11Cl2N5O2. The first-order chi connectivity index (χ1) is 10.8.